The molecule has 0 saturated carbocycles. The Morgan fingerprint density at radius 2 is 2.21 bits per heavy atom. The lowest BCUT2D eigenvalue weighted by Gasteiger charge is -2.30. The van der Waals surface area contributed by atoms with Crippen LogP contribution in [0.25, 0.3) is 0 Å². The van der Waals surface area contributed by atoms with Gasteiger partial charge in [0.2, 0.25) is 0 Å². The summed E-state index contributed by atoms with van der Waals surface area (Å²) in [5.74, 6) is -0.958. The van der Waals surface area contributed by atoms with Crippen LogP contribution in [0.5, 0.6) is 0 Å². The second-order valence-corrected chi connectivity index (χ2v) is 4.80. The molecule has 2 aromatic rings. The fraction of sp³-hybridized carbons (Fsp3) is 0.286. The monoisotopic (exact) mass is 257 g/mol. The number of carboxylic acids is 1. The van der Waals surface area contributed by atoms with E-state index in [0.717, 1.165) is 24.5 Å². The van der Waals surface area contributed by atoms with Gasteiger partial charge in [-0.2, -0.15) is 0 Å². The van der Waals surface area contributed by atoms with Crippen molar-refractivity contribution >= 4 is 11.7 Å². The number of carbonyl (C=O) groups is 1. The van der Waals surface area contributed by atoms with Crippen molar-refractivity contribution < 1.29 is 9.90 Å². The van der Waals surface area contributed by atoms with E-state index in [2.05, 4.69) is 35.0 Å². The molecule has 0 amide bonds. The molecule has 2 heterocycles. The number of hydrogen-bond acceptors (Lipinski definition) is 3. The van der Waals surface area contributed by atoms with Gasteiger partial charge >= 0.3 is 5.97 Å². The van der Waals surface area contributed by atoms with Gasteiger partial charge in [-0.15, -0.1) is 0 Å². The average Bonchev–Trinajstić information content (AvgIpc) is 2.81. The van der Waals surface area contributed by atoms with Crippen LogP contribution in [0.15, 0.2) is 30.6 Å². The Bertz CT molecular complexity index is 633. The van der Waals surface area contributed by atoms with Gasteiger partial charge in [0.1, 0.15) is 0 Å². The number of aromatic nitrogens is 2. The molecule has 0 spiro atoms. The summed E-state index contributed by atoms with van der Waals surface area (Å²) in [6.07, 6.45) is 1.62. The number of aryl methyl sites for hydroxylation is 1. The minimum Gasteiger partial charge on any atom is -0.476 e. The van der Waals surface area contributed by atoms with Crippen molar-refractivity contribution in [2.24, 2.45) is 0 Å². The first-order valence-electron chi connectivity index (χ1n) is 6.24. The molecule has 1 aromatic heterocycles. The molecule has 19 heavy (non-hydrogen) atoms. The molecule has 0 fully saturated rings. The summed E-state index contributed by atoms with van der Waals surface area (Å²) in [7, 11) is 0. The lowest BCUT2D eigenvalue weighted by molar-refractivity contribution is 0.0689. The summed E-state index contributed by atoms with van der Waals surface area (Å²) < 4.78 is 1.93. The Kier molecular flexibility index (Phi) is 2.74. The quantitative estimate of drug-likeness (QED) is 0.892. The summed E-state index contributed by atoms with van der Waals surface area (Å²) in [6.45, 7) is 4.28. The Morgan fingerprint density at radius 3 is 2.95 bits per heavy atom. The molecule has 1 aliphatic heterocycles. The first-order valence-corrected chi connectivity index (χ1v) is 6.24. The third-order valence-electron chi connectivity index (χ3n) is 3.47. The van der Waals surface area contributed by atoms with Crippen molar-refractivity contribution in [3.05, 3.63) is 47.5 Å². The summed E-state index contributed by atoms with van der Waals surface area (Å²) in [6, 6.07) is 8.25. The van der Waals surface area contributed by atoms with Crippen LogP contribution in [0.3, 0.4) is 0 Å². The van der Waals surface area contributed by atoms with Crippen LogP contribution in [-0.2, 0) is 13.1 Å². The molecule has 5 heteroatoms. The number of carboxylic acid groups (broad SMARTS) is 1. The zero-order valence-electron chi connectivity index (χ0n) is 10.7. The minimum atomic E-state index is -0.958. The highest BCUT2D eigenvalue weighted by molar-refractivity contribution is 5.86. The smallest absolute Gasteiger partial charge is 0.356 e. The number of hydrogen-bond donors (Lipinski definition) is 1. The molecule has 0 bridgehead atoms. The van der Waals surface area contributed by atoms with Gasteiger partial charge < -0.3 is 14.6 Å². The van der Waals surface area contributed by atoms with E-state index in [9.17, 15) is 4.79 Å². The van der Waals surface area contributed by atoms with E-state index in [1.807, 2.05) is 10.6 Å². The number of imidazole rings is 1. The highest BCUT2D eigenvalue weighted by atomic mass is 16.4. The molecular formula is C14H15N3O2. The fourth-order valence-electron chi connectivity index (χ4n) is 2.48. The first-order chi connectivity index (χ1) is 9.15. The number of benzene rings is 1. The Balaban J connectivity index is 1.93. The van der Waals surface area contributed by atoms with Crippen LogP contribution in [0.1, 0.15) is 21.7 Å². The van der Waals surface area contributed by atoms with Crippen molar-refractivity contribution in [1.82, 2.24) is 9.55 Å². The molecule has 0 unspecified atom stereocenters. The molecule has 5 nitrogen and oxygen atoms in total. The topological polar surface area (TPSA) is 58.4 Å². The van der Waals surface area contributed by atoms with Gasteiger partial charge in [-0.05, 0) is 24.6 Å². The molecule has 3 rings (SSSR count). The Labute approximate surface area is 111 Å². The van der Waals surface area contributed by atoms with Gasteiger partial charge in [-0.1, -0.05) is 12.1 Å². The van der Waals surface area contributed by atoms with Gasteiger partial charge in [0.25, 0.3) is 0 Å². The third-order valence-corrected chi connectivity index (χ3v) is 3.47. The van der Waals surface area contributed by atoms with E-state index in [0.29, 0.717) is 6.54 Å². The van der Waals surface area contributed by atoms with Crippen molar-refractivity contribution in [1.29, 1.82) is 0 Å². The number of rotatable bonds is 2. The van der Waals surface area contributed by atoms with Gasteiger partial charge in [0, 0.05) is 18.8 Å². The van der Waals surface area contributed by atoms with E-state index < -0.39 is 5.97 Å². The second kappa shape index (κ2) is 4.42. The maximum atomic E-state index is 11.1. The maximum Gasteiger partial charge on any atom is 0.356 e. The normalized spacial score (nSPS) is 14.3. The molecular weight excluding hydrogens is 242 g/mol. The number of fused-ring (bicyclic) bond motifs is 1. The largest absolute Gasteiger partial charge is 0.476 e. The van der Waals surface area contributed by atoms with Crippen molar-refractivity contribution in [3.8, 4) is 0 Å². The highest BCUT2D eigenvalue weighted by Crippen LogP contribution is 2.23. The van der Waals surface area contributed by atoms with Gasteiger partial charge in [-0.25, -0.2) is 9.78 Å². The van der Waals surface area contributed by atoms with Crippen LogP contribution >= 0.6 is 0 Å². The van der Waals surface area contributed by atoms with Crippen LogP contribution in [0.2, 0.25) is 0 Å². The van der Waals surface area contributed by atoms with E-state index >= 15 is 0 Å². The lowest BCUT2D eigenvalue weighted by atomic mass is 10.1. The van der Waals surface area contributed by atoms with E-state index in [1.54, 1.807) is 6.33 Å². The zero-order valence-corrected chi connectivity index (χ0v) is 10.7. The predicted octanol–water partition coefficient (Wildman–Crippen LogP) is 1.91. The molecule has 98 valence electrons. The summed E-state index contributed by atoms with van der Waals surface area (Å²) in [4.78, 5) is 17.3. The van der Waals surface area contributed by atoms with Crippen molar-refractivity contribution in [2.45, 2.75) is 20.0 Å². The molecule has 0 atom stereocenters. The first kappa shape index (κ1) is 11.8. The van der Waals surface area contributed by atoms with E-state index in [-0.39, 0.29) is 5.69 Å². The number of aromatic carboxylic acids is 1. The SMILES string of the molecule is Cc1cccc(N2CCn3cnc(C(=O)O)c3C2)c1. The number of anilines is 1. The van der Waals surface area contributed by atoms with Crippen LogP contribution < -0.4 is 4.90 Å². The van der Waals surface area contributed by atoms with Crippen molar-refractivity contribution in [2.75, 3.05) is 11.4 Å². The van der Waals surface area contributed by atoms with E-state index in [1.165, 1.54) is 5.56 Å². The zero-order chi connectivity index (χ0) is 13.4. The standard InChI is InChI=1S/C14H15N3O2/c1-10-3-2-4-11(7-10)16-5-6-17-9-15-13(14(18)19)12(17)8-16/h2-4,7,9H,5-6,8H2,1H3,(H,18,19). The van der Waals surface area contributed by atoms with Crippen molar-refractivity contribution in [3.63, 3.8) is 0 Å². The Hall–Kier alpha value is -2.30. The Morgan fingerprint density at radius 1 is 1.37 bits per heavy atom. The second-order valence-electron chi connectivity index (χ2n) is 4.80. The summed E-state index contributed by atoms with van der Waals surface area (Å²) in [5.41, 5.74) is 3.27. The maximum absolute atomic E-state index is 11.1. The minimum absolute atomic E-state index is 0.164. The highest BCUT2D eigenvalue weighted by Gasteiger charge is 2.23. The summed E-state index contributed by atoms with van der Waals surface area (Å²) >= 11 is 0. The van der Waals surface area contributed by atoms with Gasteiger partial charge in [0.15, 0.2) is 5.69 Å². The molecule has 0 aliphatic carbocycles. The van der Waals surface area contributed by atoms with Gasteiger partial charge in [0.05, 0.1) is 18.6 Å². The third kappa shape index (κ3) is 2.07. The van der Waals surface area contributed by atoms with Gasteiger partial charge in [-0.3, -0.25) is 0 Å². The molecule has 1 aliphatic rings. The molecule has 1 aromatic carbocycles. The number of nitrogens with zero attached hydrogens (tertiary/aromatic N) is 3. The summed E-state index contributed by atoms with van der Waals surface area (Å²) in [5, 5.41) is 9.14. The van der Waals surface area contributed by atoms with Crippen LogP contribution in [0.4, 0.5) is 5.69 Å². The van der Waals surface area contributed by atoms with E-state index in [4.69, 9.17) is 5.11 Å². The lowest BCUT2D eigenvalue weighted by Crippen LogP contribution is -2.34. The molecule has 0 radical (unpaired) electrons. The molecule has 0 saturated heterocycles. The van der Waals surface area contributed by atoms with Crippen LogP contribution in [-0.4, -0.2) is 27.2 Å². The predicted molar refractivity (Wildman–Crippen MR) is 71.4 cm³/mol. The average molecular weight is 257 g/mol. The van der Waals surface area contributed by atoms with Crippen LogP contribution in [0, 0.1) is 6.92 Å². The molecule has 1 N–H and O–H groups in total. The fourth-order valence-corrected chi connectivity index (χ4v) is 2.48.